The number of carbonyl (C=O) groups is 3. The molecule has 3 amide bonds. The van der Waals surface area contributed by atoms with Gasteiger partial charge in [0.2, 0.25) is 11.8 Å². The van der Waals surface area contributed by atoms with E-state index < -0.39 is 17.6 Å². The number of piperidine rings is 2. The summed E-state index contributed by atoms with van der Waals surface area (Å²) in [7, 11) is 0. The van der Waals surface area contributed by atoms with Gasteiger partial charge in [-0.15, -0.1) is 0 Å². The summed E-state index contributed by atoms with van der Waals surface area (Å²) < 4.78 is 0. The standard InChI is InChI=1S/C37H45N7O4/c1-25(2)28-20-38-33(39-21-28)24-42-15-17-43(18-16-42)30-6-3-26(4-7-30)22-41-13-11-37(48,12-14-41)29-5-8-31-27(19-29)23-44(36(31)47)32-9-10-34(45)40-35(32)46/h3-8,19-21,25,32,48H,9-18,22-24H2,1-2H3,(H,40,45,46). The van der Waals surface area contributed by atoms with E-state index in [1.165, 1.54) is 16.8 Å². The highest BCUT2D eigenvalue weighted by Gasteiger charge is 2.41. The molecular weight excluding hydrogens is 606 g/mol. The van der Waals surface area contributed by atoms with Crippen molar-refractivity contribution in [2.24, 2.45) is 0 Å². The Kier molecular flexibility index (Phi) is 9.02. The number of likely N-dealkylation sites (tertiary alicyclic amines) is 1. The Balaban J connectivity index is 0.890. The molecule has 11 nitrogen and oxygen atoms in total. The van der Waals surface area contributed by atoms with E-state index in [1.807, 2.05) is 24.5 Å². The van der Waals surface area contributed by atoms with Crippen molar-refractivity contribution in [2.45, 2.75) is 76.7 Å². The van der Waals surface area contributed by atoms with Crippen LogP contribution in [-0.4, -0.2) is 92.8 Å². The van der Waals surface area contributed by atoms with Crippen molar-refractivity contribution in [1.82, 2.24) is 30.0 Å². The van der Waals surface area contributed by atoms with E-state index in [4.69, 9.17) is 0 Å². The van der Waals surface area contributed by atoms with Crippen LogP contribution in [-0.2, 0) is 34.8 Å². The van der Waals surface area contributed by atoms with Crippen LogP contribution in [0.1, 0.15) is 83.9 Å². The van der Waals surface area contributed by atoms with Crippen LogP contribution in [0.15, 0.2) is 54.9 Å². The number of aromatic nitrogens is 2. The summed E-state index contributed by atoms with van der Waals surface area (Å²) in [6.07, 6.45) is 5.67. The number of hydrogen-bond donors (Lipinski definition) is 2. The van der Waals surface area contributed by atoms with E-state index in [9.17, 15) is 19.5 Å². The maximum atomic E-state index is 13.1. The zero-order chi connectivity index (χ0) is 33.4. The monoisotopic (exact) mass is 651 g/mol. The van der Waals surface area contributed by atoms with Crippen molar-refractivity contribution in [3.63, 3.8) is 0 Å². The molecule has 0 aliphatic carbocycles. The maximum absolute atomic E-state index is 13.1. The van der Waals surface area contributed by atoms with Crippen molar-refractivity contribution < 1.29 is 19.5 Å². The fraction of sp³-hybridized carbons (Fsp3) is 0.486. The van der Waals surface area contributed by atoms with Crippen LogP contribution in [0.4, 0.5) is 5.69 Å². The van der Waals surface area contributed by atoms with Crippen molar-refractivity contribution in [2.75, 3.05) is 44.2 Å². The lowest BCUT2D eigenvalue weighted by Gasteiger charge is -2.39. The highest BCUT2D eigenvalue weighted by molar-refractivity contribution is 6.05. The van der Waals surface area contributed by atoms with E-state index in [0.29, 0.717) is 37.3 Å². The van der Waals surface area contributed by atoms with Crippen LogP contribution in [0.2, 0.25) is 0 Å². The van der Waals surface area contributed by atoms with Crippen LogP contribution in [0.25, 0.3) is 0 Å². The predicted molar refractivity (Wildman–Crippen MR) is 181 cm³/mol. The summed E-state index contributed by atoms with van der Waals surface area (Å²) in [4.78, 5) is 55.0. The van der Waals surface area contributed by atoms with Gasteiger partial charge in [-0.3, -0.25) is 29.5 Å². The third-order valence-corrected chi connectivity index (χ3v) is 10.6. The van der Waals surface area contributed by atoms with E-state index in [0.717, 1.165) is 69.3 Å². The number of hydrogen-bond acceptors (Lipinski definition) is 9. The van der Waals surface area contributed by atoms with Crippen LogP contribution < -0.4 is 10.2 Å². The molecule has 1 atom stereocenters. The number of fused-ring (bicyclic) bond motifs is 1. The number of carbonyl (C=O) groups excluding carboxylic acids is 3. The van der Waals surface area contributed by atoms with Gasteiger partial charge in [-0.25, -0.2) is 9.97 Å². The third kappa shape index (κ3) is 6.72. The number of benzene rings is 2. The highest BCUT2D eigenvalue weighted by atomic mass is 16.3. The summed E-state index contributed by atoms with van der Waals surface area (Å²) in [6, 6.07) is 13.8. The first-order chi connectivity index (χ1) is 23.1. The van der Waals surface area contributed by atoms with E-state index in [1.54, 1.807) is 11.0 Å². The Hall–Kier alpha value is -4.19. The Bertz CT molecular complexity index is 1660. The SMILES string of the molecule is CC(C)c1cnc(CN2CCN(c3ccc(CN4CCC(O)(c5ccc6c(c5)CN(C5CCC(=O)NC5=O)C6=O)CC4)cc3)CC2)nc1. The number of imide groups is 1. The molecule has 4 aliphatic rings. The maximum Gasteiger partial charge on any atom is 0.255 e. The number of nitrogens with zero attached hydrogens (tertiary/aromatic N) is 6. The van der Waals surface area contributed by atoms with Gasteiger partial charge in [0, 0.05) is 82.4 Å². The van der Waals surface area contributed by atoms with Crippen molar-refractivity contribution in [1.29, 1.82) is 0 Å². The Morgan fingerprint density at radius 3 is 2.25 bits per heavy atom. The number of piperazine rings is 1. The van der Waals surface area contributed by atoms with E-state index in [2.05, 4.69) is 68.1 Å². The summed E-state index contributed by atoms with van der Waals surface area (Å²) in [5, 5.41) is 14.0. The number of nitrogens with one attached hydrogen (secondary N) is 1. The summed E-state index contributed by atoms with van der Waals surface area (Å²) in [5.41, 5.74) is 4.92. The molecule has 0 spiro atoms. The van der Waals surface area contributed by atoms with Crippen molar-refractivity contribution in [3.8, 4) is 0 Å². The Labute approximate surface area is 281 Å². The normalized spacial score (nSPS) is 21.9. The Morgan fingerprint density at radius 2 is 1.58 bits per heavy atom. The minimum absolute atomic E-state index is 0.195. The molecule has 11 heteroatoms. The molecule has 3 saturated heterocycles. The molecule has 3 aromatic rings. The zero-order valence-corrected chi connectivity index (χ0v) is 27.9. The number of amides is 3. The molecule has 252 valence electrons. The quantitative estimate of drug-likeness (QED) is 0.354. The highest BCUT2D eigenvalue weighted by Crippen LogP contribution is 2.37. The lowest BCUT2D eigenvalue weighted by molar-refractivity contribution is -0.136. The van der Waals surface area contributed by atoms with Gasteiger partial charge in [0.15, 0.2) is 0 Å². The van der Waals surface area contributed by atoms with Gasteiger partial charge in [0.05, 0.1) is 12.1 Å². The summed E-state index contributed by atoms with van der Waals surface area (Å²) >= 11 is 0. The van der Waals surface area contributed by atoms with Gasteiger partial charge >= 0.3 is 0 Å². The molecule has 0 radical (unpaired) electrons. The van der Waals surface area contributed by atoms with Gasteiger partial charge in [-0.2, -0.15) is 0 Å². The van der Waals surface area contributed by atoms with Gasteiger partial charge in [0.1, 0.15) is 11.9 Å². The van der Waals surface area contributed by atoms with Crippen LogP contribution in [0.5, 0.6) is 0 Å². The van der Waals surface area contributed by atoms with Gasteiger partial charge in [0.25, 0.3) is 5.91 Å². The lowest BCUT2D eigenvalue weighted by Crippen LogP contribution is -2.52. The molecule has 5 heterocycles. The first-order valence-electron chi connectivity index (χ1n) is 17.2. The average molecular weight is 652 g/mol. The Morgan fingerprint density at radius 1 is 0.896 bits per heavy atom. The average Bonchev–Trinajstić information content (AvgIpc) is 3.42. The van der Waals surface area contributed by atoms with Gasteiger partial charge in [-0.05, 0) is 65.6 Å². The second kappa shape index (κ2) is 13.4. The van der Waals surface area contributed by atoms with Crippen LogP contribution >= 0.6 is 0 Å². The topological polar surface area (TPSA) is 122 Å². The smallest absolute Gasteiger partial charge is 0.255 e. The molecule has 1 aromatic heterocycles. The summed E-state index contributed by atoms with van der Waals surface area (Å²) in [5.74, 6) is 0.416. The second-order valence-corrected chi connectivity index (χ2v) is 14.1. The molecule has 3 fully saturated rings. The molecule has 48 heavy (non-hydrogen) atoms. The molecule has 7 rings (SSSR count). The fourth-order valence-corrected chi connectivity index (χ4v) is 7.41. The molecule has 2 N–H and O–H groups in total. The summed E-state index contributed by atoms with van der Waals surface area (Å²) in [6.45, 7) is 11.7. The number of anilines is 1. The molecule has 0 saturated carbocycles. The van der Waals surface area contributed by atoms with E-state index in [-0.39, 0.29) is 18.2 Å². The molecule has 4 aliphatic heterocycles. The minimum atomic E-state index is -0.966. The first-order valence-corrected chi connectivity index (χ1v) is 17.2. The molecular formula is C37H45N7O4. The van der Waals surface area contributed by atoms with Crippen LogP contribution in [0.3, 0.4) is 0 Å². The molecule has 2 aromatic carbocycles. The fourth-order valence-electron chi connectivity index (χ4n) is 7.41. The largest absolute Gasteiger partial charge is 0.385 e. The number of rotatable bonds is 8. The third-order valence-electron chi connectivity index (χ3n) is 10.6. The second-order valence-electron chi connectivity index (χ2n) is 14.1. The predicted octanol–water partition coefficient (Wildman–Crippen LogP) is 3.17. The molecule has 1 unspecified atom stereocenters. The first kappa shape index (κ1) is 32.4. The van der Waals surface area contributed by atoms with Crippen LogP contribution in [0, 0.1) is 0 Å². The van der Waals surface area contributed by atoms with Gasteiger partial charge in [-0.1, -0.05) is 38.1 Å². The lowest BCUT2D eigenvalue weighted by atomic mass is 9.83. The van der Waals surface area contributed by atoms with Gasteiger partial charge < -0.3 is 14.9 Å². The van der Waals surface area contributed by atoms with Crippen molar-refractivity contribution >= 4 is 23.4 Å². The number of aliphatic hydroxyl groups is 1. The minimum Gasteiger partial charge on any atom is -0.385 e. The molecule has 0 bridgehead atoms. The van der Waals surface area contributed by atoms with E-state index >= 15 is 0 Å². The zero-order valence-electron chi connectivity index (χ0n) is 27.9. The van der Waals surface area contributed by atoms with Crippen molar-refractivity contribution in [3.05, 3.63) is 88.5 Å².